The molecule has 0 saturated heterocycles. The molecule has 0 fully saturated rings. The number of hydrogen-bond acceptors (Lipinski definition) is 1. The van der Waals surface area contributed by atoms with Crippen molar-refractivity contribution < 1.29 is 0 Å². The van der Waals surface area contributed by atoms with Crippen LogP contribution in [-0.2, 0) is 11.8 Å². The van der Waals surface area contributed by atoms with Gasteiger partial charge >= 0.3 is 0 Å². The quantitative estimate of drug-likeness (QED) is 0.754. The molecule has 80 valence electrons. The van der Waals surface area contributed by atoms with Gasteiger partial charge in [-0.25, -0.2) is 4.98 Å². The molecule has 0 radical (unpaired) electrons. The highest BCUT2D eigenvalue weighted by Crippen LogP contribution is 2.22. The monoisotopic (exact) mass is 202 g/mol. The molecule has 0 spiro atoms. The molecule has 0 saturated carbocycles. The van der Waals surface area contributed by atoms with E-state index in [1.54, 1.807) is 0 Å². The average Bonchev–Trinajstić information content (AvgIpc) is 2.59. The zero-order valence-electron chi connectivity index (χ0n) is 9.89. The predicted molar refractivity (Wildman–Crippen MR) is 64.2 cm³/mol. The Labute approximate surface area is 90.7 Å². The maximum absolute atomic E-state index is 4.60. The molecule has 2 nitrogen and oxygen atoms in total. The fourth-order valence-electron chi connectivity index (χ4n) is 1.63. The smallest absolute Gasteiger partial charge is 0.112 e. The van der Waals surface area contributed by atoms with Crippen LogP contribution in [0.3, 0.4) is 0 Å². The molecule has 2 heteroatoms. The predicted octanol–water partition coefficient (Wildman–Crippen LogP) is 3.42. The van der Waals surface area contributed by atoms with E-state index in [4.69, 9.17) is 0 Å². The highest BCUT2D eigenvalue weighted by Gasteiger charge is 2.17. The van der Waals surface area contributed by atoms with E-state index in [1.807, 2.05) is 0 Å². The van der Waals surface area contributed by atoms with Crippen LogP contribution < -0.4 is 0 Å². The second kappa shape index (κ2) is 3.37. The van der Waals surface area contributed by atoms with Gasteiger partial charge in [0.15, 0.2) is 0 Å². The van der Waals surface area contributed by atoms with Crippen LogP contribution in [0, 0.1) is 0 Å². The molecular weight excluding hydrogens is 184 g/mol. The summed E-state index contributed by atoms with van der Waals surface area (Å²) >= 11 is 0. The molecule has 1 heterocycles. The summed E-state index contributed by atoms with van der Waals surface area (Å²) in [6.45, 7) is 8.69. The summed E-state index contributed by atoms with van der Waals surface area (Å²) in [6.07, 6.45) is 1.07. The van der Waals surface area contributed by atoms with Crippen LogP contribution >= 0.6 is 0 Å². The Kier molecular flexibility index (Phi) is 2.29. The first-order valence-electron chi connectivity index (χ1n) is 5.50. The van der Waals surface area contributed by atoms with Crippen molar-refractivity contribution in [3.8, 4) is 0 Å². The van der Waals surface area contributed by atoms with E-state index in [2.05, 4.69) is 55.9 Å². The maximum atomic E-state index is 4.60. The summed E-state index contributed by atoms with van der Waals surface area (Å²) < 4.78 is 0. The lowest BCUT2D eigenvalue weighted by Crippen LogP contribution is -2.12. The maximum Gasteiger partial charge on any atom is 0.112 e. The van der Waals surface area contributed by atoms with Crippen molar-refractivity contribution in [1.82, 2.24) is 9.97 Å². The number of imidazole rings is 1. The van der Waals surface area contributed by atoms with E-state index in [-0.39, 0.29) is 5.41 Å². The number of benzene rings is 1. The minimum atomic E-state index is 0.0887. The van der Waals surface area contributed by atoms with Gasteiger partial charge in [0, 0.05) is 5.41 Å². The lowest BCUT2D eigenvalue weighted by molar-refractivity contribution is 0.554. The van der Waals surface area contributed by atoms with Crippen molar-refractivity contribution in [2.75, 3.05) is 0 Å². The van der Waals surface area contributed by atoms with E-state index in [0.717, 1.165) is 23.3 Å². The number of rotatable bonds is 1. The second-order valence-electron chi connectivity index (χ2n) is 5.04. The number of aromatic amines is 1. The van der Waals surface area contributed by atoms with E-state index in [0.29, 0.717) is 0 Å². The van der Waals surface area contributed by atoms with Gasteiger partial charge < -0.3 is 4.98 Å². The molecule has 0 atom stereocenters. The van der Waals surface area contributed by atoms with Crippen LogP contribution in [0.1, 0.15) is 39.1 Å². The summed E-state index contributed by atoms with van der Waals surface area (Å²) in [5.41, 5.74) is 3.66. The lowest BCUT2D eigenvalue weighted by Gasteiger charge is -2.13. The second-order valence-corrected chi connectivity index (χ2v) is 5.04. The molecule has 0 unspecified atom stereocenters. The van der Waals surface area contributed by atoms with Gasteiger partial charge in [0.1, 0.15) is 5.82 Å². The first-order valence-corrected chi connectivity index (χ1v) is 5.50. The zero-order valence-corrected chi connectivity index (χ0v) is 9.89. The number of hydrogen-bond donors (Lipinski definition) is 1. The topological polar surface area (TPSA) is 28.7 Å². The van der Waals surface area contributed by atoms with Crippen LogP contribution in [0.4, 0.5) is 0 Å². The van der Waals surface area contributed by atoms with E-state index in [9.17, 15) is 0 Å². The van der Waals surface area contributed by atoms with Crippen molar-refractivity contribution in [1.29, 1.82) is 0 Å². The minimum absolute atomic E-state index is 0.0887. The molecular formula is C13H18N2. The Balaban J connectivity index is 2.56. The van der Waals surface area contributed by atoms with Crippen LogP contribution in [0.5, 0.6) is 0 Å². The highest BCUT2D eigenvalue weighted by atomic mass is 14.9. The summed E-state index contributed by atoms with van der Waals surface area (Å²) in [7, 11) is 0. The number of H-pyrrole nitrogens is 1. The molecule has 0 bridgehead atoms. The van der Waals surface area contributed by atoms with Crippen molar-refractivity contribution in [3.63, 3.8) is 0 Å². The molecule has 1 N–H and O–H groups in total. The summed E-state index contributed by atoms with van der Waals surface area (Å²) in [6, 6.07) is 6.44. The summed E-state index contributed by atoms with van der Waals surface area (Å²) in [5, 5.41) is 0. The van der Waals surface area contributed by atoms with Crippen molar-refractivity contribution in [2.45, 2.75) is 39.5 Å². The van der Waals surface area contributed by atoms with Crippen molar-refractivity contribution in [3.05, 3.63) is 29.6 Å². The SMILES string of the molecule is CCc1ccc2nc(C(C)(C)C)[nH]c2c1. The third-order valence-corrected chi connectivity index (χ3v) is 2.66. The van der Waals surface area contributed by atoms with Gasteiger partial charge in [-0.15, -0.1) is 0 Å². The Morgan fingerprint density at radius 3 is 2.60 bits per heavy atom. The molecule has 1 aromatic carbocycles. The standard InChI is InChI=1S/C13H18N2/c1-5-9-6-7-10-11(8-9)15-12(14-10)13(2,3)4/h6-8H,5H2,1-4H3,(H,14,15). The molecule has 1 aromatic heterocycles. The third-order valence-electron chi connectivity index (χ3n) is 2.66. The van der Waals surface area contributed by atoms with Gasteiger partial charge in [-0.3, -0.25) is 0 Å². The number of aromatic nitrogens is 2. The lowest BCUT2D eigenvalue weighted by atomic mass is 9.96. The average molecular weight is 202 g/mol. The Morgan fingerprint density at radius 2 is 2.00 bits per heavy atom. The number of fused-ring (bicyclic) bond motifs is 1. The largest absolute Gasteiger partial charge is 0.342 e. The Hall–Kier alpha value is -1.31. The Bertz CT molecular complexity index is 475. The summed E-state index contributed by atoms with van der Waals surface area (Å²) in [4.78, 5) is 8.00. The molecule has 0 aliphatic carbocycles. The van der Waals surface area contributed by atoms with E-state index < -0.39 is 0 Å². The van der Waals surface area contributed by atoms with Crippen LogP contribution in [0.2, 0.25) is 0 Å². The highest BCUT2D eigenvalue weighted by molar-refractivity contribution is 5.76. The minimum Gasteiger partial charge on any atom is -0.342 e. The molecule has 0 amide bonds. The molecule has 0 aliphatic rings. The molecule has 0 aliphatic heterocycles. The Morgan fingerprint density at radius 1 is 1.27 bits per heavy atom. The third kappa shape index (κ3) is 1.89. The fraction of sp³-hybridized carbons (Fsp3) is 0.462. The van der Waals surface area contributed by atoms with E-state index in [1.165, 1.54) is 5.56 Å². The van der Waals surface area contributed by atoms with Crippen LogP contribution in [0.25, 0.3) is 11.0 Å². The van der Waals surface area contributed by atoms with Gasteiger partial charge in [0.25, 0.3) is 0 Å². The molecule has 2 aromatic rings. The van der Waals surface area contributed by atoms with Gasteiger partial charge in [-0.05, 0) is 24.1 Å². The molecule has 2 rings (SSSR count). The first kappa shape index (κ1) is 10.2. The van der Waals surface area contributed by atoms with Crippen LogP contribution in [0.15, 0.2) is 18.2 Å². The van der Waals surface area contributed by atoms with Crippen molar-refractivity contribution >= 4 is 11.0 Å². The van der Waals surface area contributed by atoms with Crippen LogP contribution in [-0.4, -0.2) is 9.97 Å². The zero-order chi connectivity index (χ0) is 11.1. The van der Waals surface area contributed by atoms with Gasteiger partial charge in [0.2, 0.25) is 0 Å². The number of aryl methyl sites for hydroxylation is 1. The molecule has 15 heavy (non-hydrogen) atoms. The fourth-order valence-corrected chi connectivity index (χ4v) is 1.63. The van der Waals surface area contributed by atoms with Crippen molar-refractivity contribution in [2.24, 2.45) is 0 Å². The number of nitrogens with one attached hydrogen (secondary N) is 1. The number of nitrogens with zero attached hydrogens (tertiary/aromatic N) is 1. The van der Waals surface area contributed by atoms with Gasteiger partial charge in [0.05, 0.1) is 11.0 Å². The first-order chi connectivity index (χ1) is 7.00. The normalized spacial score (nSPS) is 12.3. The van der Waals surface area contributed by atoms with Gasteiger partial charge in [-0.1, -0.05) is 33.8 Å². The van der Waals surface area contributed by atoms with Gasteiger partial charge in [-0.2, -0.15) is 0 Å². The van der Waals surface area contributed by atoms with E-state index >= 15 is 0 Å². The summed E-state index contributed by atoms with van der Waals surface area (Å²) in [5.74, 6) is 1.06.